The number of amides is 1. The Morgan fingerprint density at radius 1 is 0.421 bits per heavy atom. The van der Waals surface area contributed by atoms with Crippen molar-refractivity contribution < 1.29 is 89.4 Å². The summed E-state index contributed by atoms with van der Waals surface area (Å²) in [6.07, 6.45) is 12.2. The molecule has 19 heteroatoms. The van der Waals surface area contributed by atoms with Crippen molar-refractivity contribution >= 4 is 5.91 Å². The van der Waals surface area contributed by atoms with Crippen LogP contribution in [0.25, 0.3) is 0 Å². The van der Waals surface area contributed by atoms with E-state index in [4.69, 9.17) is 28.4 Å². The van der Waals surface area contributed by atoms with Gasteiger partial charge in [-0.2, -0.15) is 0 Å². The number of nitrogens with one attached hydrogen (secondary N) is 1. The molecule has 17 unspecified atom stereocenters. The van der Waals surface area contributed by atoms with E-state index in [9.17, 15) is 61.0 Å². The first-order chi connectivity index (χ1) is 36.8. The van der Waals surface area contributed by atoms with E-state index in [1.807, 2.05) is 0 Å². The first-order valence-corrected chi connectivity index (χ1v) is 30.3. The molecule has 1 amide bonds. The first kappa shape index (κ1) is 69.1. The Morgan fingerprint density at radius 3 is 1.14 bits per heavy atom. The highest BCUT2D eigenvalue weighted by Gasteiger charge is 2.53. The van der Waals surface area contributed by atoms with Gasteiger partial charge in [-0.15, -0.1) is 0 Å². The van der Waals surface area contributed by atoms with Crippen LogP contribution in [0.5, 0.6) is 0 Å². The Hall–Kier alpha value is -1.21. The molecule has 3 heterocycles. The van der Waals surface area contributed by atoms with Gasteiger partial charge in [-0.05, 0) is 12.8 Å². The summed E-state index contributed by atoms with van der Waals surface area (Å²) in [5, 5.41) is 120. The summed E-state index contributed by atoms with van der Waals surface area (Å²) in [5.74, 6) is -0.245. The van der Waals surface area contributed by atoms with Crippen LogP contribution in [-0.4, -0.2) is 193 Å². The third-order valence-electron chi connectivity index (χ3n) is 15.7. The fourth-order valence-corrected chi connectivity index (χ4v) is 10.7. The highest BCUT2D eigenvalue weighted by Crippen LogP contribution is 2.33. The van der Waals surface area contributed by atoms with Crippen molar-refractivity contribution in [2.75, 3.05) is 26.4 Å². The number of aliphatic hydroxyl groups is 11. The molecule has 3 saturated heterocycles. The quantitative estimate of drug-likeness (QED) is 0.0348. The molecule has 12 N–H and O–H groups in total. The van der Waals surface area contributed by atoms with E-state index < -0.39 is 124 Å². The Balaban J connectivity index is 1.43. The Bertz CT molecular complexity index is 1400. The van der Waals surface area contributed by atoms with Gasteiger partial charge in [0, 0.05) is 6.42 Å². The molecule has 450 valence electrons. The lowest BCUT2D eigenvalue weighted by Crippen LogP contribution is -2.66. The van der Waals surface area contributed by atoms with Crippen molar-refractivity contribution in [3.63, 3.8) is 0 Å². The third-order valence-corrected chi connectivity index (χ3v) is 15.7. The summed E-state index contributed by atoms with van der Waals surface area (Å²) in [4.78, 5) is 13.2. The average Bonchev–Trinajstić information content (AvgIpc) is 3.42. The number of rotatable bonds is 45. The van der Waals surface area contributed by atoms with Crippen LogP contribution in [0.15, 0.2) is 0 Å². The van der Waals surface area contributed by atoms with Crippen molar-refractivity contribution in [1.29, 1.82) is 0 Å². The minimum Gasteiger partial charge on any atom is -0.394 e. The fraction of sp³-hybridized carbons (Fsp3) is 0.982. The van der Waals surface area contributed by atoms with E-state index >= 15 is 0 Å². The zero-order valence-corrected chi connectivity index (χ0v) is 46.8. The van der Waals surface area contributed by atoms with Crippen LogP contribution in [0.3, 0.4) is 0 Å². The van der Waals surface area contributed by atoms with Crippen LogP contribution in [0.2, 0.25) is 0 Å². The van der Waals surface area contributed by atoms with Crippen LogP contribution in [0, 0.1) is 0 Å². The number of hydrogen-bond acceptors (Lipinski definition) is 18. The maximum atomic E-state index is 13.2. The summed E-state index contributed by atoms with van der Waals surface area (Å²) < 4.78 is 34.2. The molecule has 0 saturated carbocycles. The molecule has 0 aromatic heterocycles. The molecule has 3 aliphatic heterocycles. The van der Waals surface area contributed by atoms with Crippen molar-refractivity contribution in [3.05, 3.63) is 0 Å². The smallest absolute Gasteiger partial charge is 0.220 e. The zero-order chi connectivity index (χ0) is 55.5. The van der Waals surface area contributed by atoms with E-state index in [1.165, 1.54) is 148 Å². The average molecular weight is 1100 g/mol. The summed E-state index contributed by atoms with van der Waals surface area (Å²) >= 11 is 0. The van der Waals surface area contributed by atoms with Gasteiger partial charge in [-0.1, -0.05) is 206 Å². The second-order valence-corrected chi connectivity index (χ2v) is 22.2. The molecule has 0 aromatic carbocycles. The molecule has 3 aliphatic rings. The standard InChI is InChI=1S/C57H109NO18/c1-3-5-7-9-11-13-14-15-16-17-18-19-20-21-22-23-24-25-26-27-28-30-32-34-41(62)40(58-45(63)35-33-31-29-12-10-8-6-4-2)39-71-55-51(69)48(66)53(43(37-60)73-55)76-57-52(70)49(67)54(44(38-61)74-57)75-56-50(68)47(65)46(64)42(36-59)72-56/h40-44,46-57,59-62,64-70H,3-39H2,1-2H3,(H,58,63). The summed E-state index contributed by atoms with van der Waals surface area (Å²) in [5.41, 5.74) is 0. The number of hydrogen-bond donors (Lipinski definition) is 12. The third kappa shape index (κ3) is 25.7. The predicted molar refractivity (Wildman–Crippen MR) is 287 cm³/mol. The highest BCUT2D eigenvalue weighted by molar-refractivity contribution is 5.76. The van der Waals surface area contributed by atoms with Crippen LogP contribution in [-0.2, 0) is 33.2 Å². The number of unbranched alkanes of at least 4 members (excludes halogenated alkanes) is 29. The maximum Gasteiger partial charge on any atom is 0.220 e. The van der Waals surface area contributed by atoms with Crippen LogP contribution < -0.4 is 5.32 Å². The zero-order valence-electron chi connectivity index (χ0n) is 46.8. The molecule has 76 heavy (non-hydrogen) atoms. The lowest BCUT2D eigenvalue weighted by molar-refractivity contribution is -0.379. The molecular formula is C57H109NO18. The molecule has 17 atom stereocenters. The molecule has 0 aliphatic carbocycles. The lowest BCUT2D eigenvalue weighted by Gasteiger charge is -2.48. The van der Waals surface area contributed by atoms with E-state index in [2.05, 4.69) is 19.2 Å². The fourth-order valence-electron chi connectivity index (χ4n) is 10.7. The molecule has 19 nitrogen and oxygen atoms in total. The van der Waals surface area contributed by atoms with Gasteiger partial charge in [0.15, 0.2) is 18.9 Å². The Morgan fingerprint density at radius 2 is 0.750 bits per heavy atom. The predicted octanol–water partition coefficient (Wildman–Crippen LogP) is 5.21. The number of carbonyl (C=O) groups is 1. The van der Waals surface area contributed by atoms with E-state index in [0.717, 1.165) is 44.9 Å². The van der Waals surface area contributed by atoms with Gasteiger partial charge in [-0.25, -0.2) is 0 Å². The number of ether oxygens (including phenoxy) is 6. The molecule has 0 radical (unpaired) electrons. The van der Waals surface area contributed by atoms with Gasteiger partial charge < -0.3 is 89.9 Å². The largest absolute Gasteiger partial charge is 0.394 e. The van der Waals surface area contributed by atoms with E-state index in [1.54, 1.807) is 0 Å². The van der Waals surface area contributed by atoms with Gasteiger partial charge in [0.2, 0.25) is 5.91 Å². The van der Waals surface area contributed by atoms with E-state index in [-0.39, 0.29) is 18.9 Å². The molecule has 0 aromatic rings. The van der Waals surface area contributed by atoms with Crippen molar-refractivity contribution in [3.8, 4) is 0 Å². The second-order valence-electron chi connectivity index (χ2n) is 22.2. The normalized spacial score (nSPS) is 30.9. The first-order valence-electron chi connectivity index (χ1n) is 30.3. The van der Waals surface area contributed by atoms with Gasteiger partial charge in [-0.3, -0.25) is 4.79 Å². The minimum atomic E-state index is -1.97. The molecule has 0 bridgehead atoms. The van der Waals surface area contributed by atoms with Crippen molar-refractivity contribution in [2.24, 2.45) is 0 Å². The summed E-state index contributed by atoms with van der Waals surface area (Å²) in [7, 11) is 0. The molecule has 3 fully saturated rings. The van der Waals surface area contributed by atoms with Crippen LogP contribution in [0.1, 0.15) is 226 Å². The van der Waals surface area contributed by atoms with Gasteiger partial charge in [0.1, 0.15) is 73.2 Å². The maximum absolute atomic E-state index is 13.2. The molecule has 0 spiro atoms. The second kappa shape index (κ2) is 41.7. The monoisotopic (exact) mass is 1100 g/mol. The highest BCUT2D eigenvalue weighted by atomic mass is 16.8. The van der Waals surface area contributed by atoms with Gasteiger partial charge >= 0.3 is 0 Å². The van der Waals surface area contributed by atoms with E-state index in [0.29, 0.717) is 12.8 Å². The van der Waals surface area contributed by atoms with Crippen LogP contribution >= 0.6 is 0 Å². The molecular weight excluding hydrogens is 987 g/mol. The van der Waals surface area contributed by atoms with Gasteiger partial charge in [0.25, 0.3) is 0 Å². The Kier molecular flexibility index (Phi) is 37.9. The van der Waals surface area contributed by atoms with Crippen molar-refractivity contribution in [2.45, 2.75) is 330 Å². The minimum absolute atomic E-state index is 0.245. The summed E-state index contributed by atoms with van der Waals surface area (Å²) in [6, 6.07) is -0.878. The summed E-state index contributed by atoms with van der Waals surface area (Å²) in [6.45, 7) is 1.76. The topological polar surface area (TPSA) is 307 Å². The molecule has 3 rings (SSSR count). The number of carbonyl (C=O) groups excluding carboxylic acids is 1. The Labute approximate surface area is 455 Å². The van der Waals surface area contributed by atoms with Crippen molar-refractivity contribution in [1.82, 2.24) is 5.32 Å². The lowest BCUT2D eigenvalue weighted by atomic mass is 9.96. The SMILES string of the molecule is CCCCCCCCCCCCCCCCCCCCCCCCCC(O)C(COC1OC(CO)C(OC2OC(CO)C(OC3OC(CO)C(O)C(O)C3O)C(O)C2O)C(O)C1O)NC(=O)CCCCCCCCCC. The van der Waals surface area contributed by atoms with Crippen LogP contribution in [0.4, 0.5) is 0 Å². The van der Waals surface area contributed by atoms with Gasteiger partial charge in [0.05, 0.1) is 38.6 Å². The number of aliphatic hydroxyl groups excluding tert-OH is 11.